The van der Waals surface area contributed by atoms with Crippen LogP contribution in [0.4, 0.5) is 0 Å². The van der Waals surface area contributed by atoms with Crippen molar-refractivity contribution in [3.05, 3.63) is 91.0 Å². The first-order chi connectivity index (χ1) is 11.9. The minimum atomic E-state index is 0.235. The first-order valence-corrected chi connectivity index (χ1v) is 7.75. The van der Waals surface area contributed by atoms with Crippen molar-refractivity contribution < 1.29 is 9.15 Å². The van der Waals surface area contributed by atoms with Crippen molar-refractivity contribution in [2.24, 2.45) is 0 Å². The summed E-state index contributed by atoms with van der Waals surface area (Å²) in [4.78, 5) is 4.56. The molecule has 0 aliphatic carbocycles. The summed E-state index contributed by atoms with van der Waals surface area (Å²) in [6.07, 6.45) is 0.235. The Morgan fingerprint density at radius 1 is 0.625 bits per heavy atom. The molecular weight excluding hydrogens is 298 g/mol. The maximum absolute atomic E-state index is 5.93. The van der Waals surface area contributed by atoms with E-state index in [0.29, 0.717) is 11.5 Å². The Bertz CT molecular complexity index is 859. The molecule has 1 heterocycles. The maximum atomic E-state index is 5.93. The van der Waals surface area contributed by atoms with Crippen LogP contribution >= 0.6 is 0 Å². The van der Waals surface area contributed by atoms with Crippen LogP contribution in [0.25, 0.3) is 22.6 Å². The van der Waals surface area contributed by atoms with Crippen molar-refractivity contribution in [2.75, 3.05) is 0 Å². The Kier molecular flexibility index (Phi) is 3.82. The second kappa shape index (κ2) is 6.42. The van der Waals surface area contributed by atoms with Crippen LogP contribution in [0, 0.1) is 0 Å². The van der Waals surface area contributed by atoms with Crippen LogP contribution in [0.1, 0.15) is 0 Å². The molecule has 0 atom stereocenters. The van der Waals surface area contributed by atoms with E-state index in [9.17, 15) is 0 Å². The third-order valence-corrected chi connectivity index (χ3v) is 3.64. The molecule has 24 heavy (non-hydrogen) atoms. The van der Waals surface area contributed by atoms with E-state index in [4.69, 9.17) is 9.15 Å². The summed E-state index contributed by atoms with van der Waals surface area (Å²) in [5.41, 5.74) is 2.72. The predicted molar refractivity (Wildman–Crippen MR) is 93.9 cm³/mol. The minimum absolute atomic E-state index is 0.235. The van der Waals surface area contributed by atoms with Gasteiger partial charge in [0, 0.05) is 11.1 Å². The molecule has 0 saturated carbocycles. The largest absolute Gasteiger partial charge is 0.411 e. The molecule has 0 spiro atoms. The van der Waals surface area contributed by atoms with Crippen LogP contribution in [-0.4, -0.2) is 4.98 Å². The molecule has 4 aromatic rings. The van der Waals surface area contributed by atoms with Gasteiger partial charge < -0.3 is 9.15 Å². The lowest BCUT2D eigenvalue weighted by atomic mass is 10.1. The monoisotopic (exact) mass is 313 g/mol. The number of nitrogens with zero attached hydrogens (tertiary/aromatic N) is 1. The smallest absolute Gasteiger partial charge is 0.400 e. The third-order valence-electron chi connectivity index (χ3n) is 3.64. The fraction of sp³-hybridized carbons (Fsp3) is 0. The van der Waals surface area contributed by atoms with Crippen molar-refractivity contribution in [3.8, 4) is 34.4 Å². The second-order valence-corrected chi connectivity index (χ2v) is 5.30. The fourth-order valence-electron chi connectivity index (χ4n) is 2.51. The van der Waals surface area contributed by atoms with Gasteiger partial charge >= 0.3 is 6.08 Å². The fourth-order valence-corrected chi connectivity index (χ4v) is 2.51. The average molecular weight is 313 g/mol. The van der Waals surface area contributed by atoms with Gasteiger partial charge in [-0.1, -0.05) is 78.9 Å². The van der Waals surface area contributed by atoms with Gasteiger partial charge in [-0.05, 0) is 12.1 Å². The van der Waals surface area contributed by atoms with Crippen LogP contribution < -0.4 is 4.74 Å². The van der Waals surface area contributed by atoms with Gasteiger partial charge in [-0.15, -0.1) is 0 Å². The van der Waals surface area contributed by atoms with Gasteiger partial charge in [-0.25, -0.2) is 0 Å². The molecule has 3 nitrogen and oxygen atoms in total. The lowest BCUT2D eigenvalue weighted by molar-refractivity contribution is 0.335. The molecule has 0 aliphatic rings. The summed E-state index contributed by atoms with van der Waals surface area (Å²) in [6, 6.07) is 29.4. The Labute approximate surface area is 140 Å². The van der Waals surface area contributed by atoms with Gasteiger partial charge in [0.2, 0.25) is 0 Å². The van der Waals surface area contributed by atoms with E-state index < -0.39 is 0 Å². The molecule has 0 saturated heterocycles. The van der Waals surface area contributed by atoms with Crippen LogP contribution in [0.15, 0.2) is 95.4 Å². The van der Waals surface area contributed by atoms with E-state index in [2.05, 4.69) is 4.98 Å². The third kappa shape index (κ3) is 2.92. The normalized spacial score (nSPS) is 10.5. The maximum Gasteiger partial charge on any atom is 0.400 e. The molecule has 3 heteroatoms. The molecule has 0 bridgehead atoms. The molecule has 3 aromatic carbocycles. The summed E-state index contributed by atoms with van der Waals surface area (Å²) in [5, 5.41) is 0. The van der Waals surface area contributed by atoms with Crippen LogP contribution in [0.5, 0.6) is 11.8 Å². The van der Waals surface area contributed by atoms with Crippen molar-refractivity contribution in [3.63, 3.8) is 0 Å². The molecule has 0 unspecified atom stereocenters. The first-order valence-electron chi connectivity index (χ1n) is 7.75. The highest BCUT2D eigenvalue weighted by Crippen LogP contribution is 2.36. The van der Waals surface area contributed by atoms with E-state index in [0.717, 1.165) is 16.8 Å². The Morgan fingerprint density at radius 3 is 1.79 bits per heavy atom. The molecule has 0 amide bonds. The standard InChI is InChI=1S/C21H15NO2/c1-4-10-16(11-5-1)19-20(17-12-6-2-7-13-17)24-21(22-19)23-18-14-8-3-9-15-18/h1-15H. The Balaban J connectivity index is 1.79. The Morgan fingerprint density at radius 2 is 1.17 bits per heavy atom. The number of hydrogen-bond donors (Lipinski definition) is 0. The molecule has 0 aliphatic heterocycles. The molecule has 116 valence electrons. The number of aromatic nitrogens is 1. The van der Waals surface area contributed by atoms with Crippen LogP contribution in [0.3, 0.4) is 0 Å². The number of para-hydroxylation sites is 1. The molecular formula is C21H15NO2. The number of benzene rings is 3. The van der Waals surface area contributed by atoms with E-state index >= 15 is 0 Å². The molecule has 1 aromatic heterocycles. The van der Waals surface area contributed by atoms with Crippen molar-refractivity contribution in [1.29, 1.82) is 0 Å². The average Bonchev–Trinajstić information content (AvgIpc) is 3.08. The zero-order valence-electron chi connectivity index (χ0n) is 12.9. The van der Waals surface area contributed by atoms with Gasteiger partial charge in [0.05, 0.1) is 0 Å². The van der Waals surface area contributed by atoms with E-state index in [-0.39, 0.29) is 6.08 Å². The Hall–Kier alpha value is -3.33. The summed E-state index contributed by atoms with van der Waals surface area (Å²) in [6.45, 7) is 0. The SMILES string of the molecule is c1ccc(Oc2nc(-c3ccccc3)c(-c3ccccc3)o2)cc1. The lowest BCUT2D eigenvalue weighted by Gasteiger charge is -2.00. The highest BCUT2D eigenvalue weighted by molar-refractivity contribution is 5.77. The van der Waals surface area contributed by atoms with Crippen molar-refractivity contribution in [2.45, 2.75) is 0 Å². The summed E-state index contributed by atoms with van der Waals surface area (Å²) in [7, 11) is 0. The van der Waals surface area contributed by atoms with Gasteiger partial charge in [-0.3, -0.25) is 0 Å². The van der Waals surface area contributed by atoms with Gasteiger partial charge in [0.15, 0.2) is 5.76 Å². The summed E-state index contributed by atoms with van der Waals surface area (Å²) in [5.74, 6) is 1.39. The second-order valence-electron chi connectivity index (χ2n) is 5.30. The minimum Gasteiger partial charge on any atom is -0.411 e. The molecule has 4 rings (SSSR count). The predicted octanol–water partition coefficient (Wildman–Crippen LogP) is 5.80. The number of rotatable bonds is 4. The van der Waals surface area contributed by atoms with Gasteiger partial charge in [0.25, 0.3) is 0 Å². The first kappa shape index (κ1) is 14.3. The zero-order chi connectivity index (χ0) is 16.2. The van der Waals surface area contributed by atoms with E-state index in [1.807, 2.05) is 91.0 Å². The van der Waals surface area contributed by atoms with Crippen LogP contribution in [0.2, 0.25) is 0 Å². The van der Waals surface area contributed by atoms with Crippen molar-refractivity contribution in [1.82, 2.24) is 4.98 Å². The van der Waals surface area contributed by atoms with Gasteiger partial charge in [0.1, 0.15) is 11.4 Å². The van der Waals surface area contributed by atoms with E-state index in [1.165, 1.54) is 0 Å². The van der Waals surface area contributed by atoms with Crippen LogP contribution in [-0.2, 0) is 0 Å². The van der Waals surface area contributed by atoms with E-state index in [1.54, 1.807) is 0 Å². The topological polar surface area (TPSA) is 35.3 Å². The molecule has 0 fully saturated rings. The van der Waals surface area contributed by atoms with Gasteiger partial charge in [-0.2, -0.15) is 4.98 Å². The van der Waals surface area contributed by atoms with Crippen molar-refractivity contribution >= 4 is 0 Å². The summed E-state index contributed by atoms with van der Waals surface area (Å²) < 4.78 is 11.7. The number of oxazole rings is 1. The number of ether oxygens (including phenoxy) is 1. The molecule has 0 radical (unpaired) electrons. The number of hydrogen-bond acceptors (Lipinski definition) is 3. The highest BCUT2D eigenvalue weighted by atomic mass is 16.6. The quantitative estimate of drug-likeness (QED) is 0.477. The lowest BCUT2D eigenvalue weighted by Crippen LogP contribution is -1.84. The highest BCUT2D eigenvalue weighted by Gasteiger charge is 2.18. The molecule has 0 N–H and O–H groups in total. The summed E-state index contributed by atoms with van der Waals surface area (Å²) >= 11 is 0. The zero-order valence-corrected chi connectivity index (χ0v) is 12.9.